The quantitative estimate of drug-likeness (QED) is 0.232. The SMILES string of the molecule is CC(C)(C)OC(=O)NC(C(=O)N1C[C@](O)(c2ccc(F)cc2)C[C@H]1C(=O)N[C@]1(C(=O)NS(=O)(=O)C2CC2)C[C@H]1I)C(C)(C)C. The monoisotopic (exact) mass is 750 g/mol. The molecular formula is C29H40FIN4O8S. The first kappa shape index (κ1) is 34.3. The number of likely N-dealkylation sites (tertiary alicyclic amines) is 1. The summed E-state index contributed by atoms with van der Waals surface area (Å²) >= 11 is 1.95. The highest BCUT2D eigenvalue weighted by Crippen LogP contribution is 2.45. The summed E-state index contributed by atoms with van der Waals surface area (Å²) in [5.74, 6) is -2.86. The maximum atomic E-state index is 14.2. The van der Waals surface area contributed by atoms with E-state index in [2.05, 4.69) is 15.4 Å². The average molecular weight is 751 g/mol. The van der Waals surface area contributed by atoms with Crippen LogP contribution in [0, 0.1) is 11.2 Å². The molecule has 1 aliphatic heterocycles. The number of carbonyl (C=O) groups excluding carboxylic acids is 4. The molecule has 0 spiro atoms. The van der Waals surface area contributed by atoms with Crippen LogP contribution in [0.4, 0.5) is 9.18 Å². The van der Waals surface area contributed by atoms with E-state index in [0.717, 1.165) is 17.0 Å². The molecule has 0 bridgehead atoms. The van der Waals surface area contributed by atoms with E-state index in [1.165, 1.54) is 12.1 Å². The van der Waals surface area contributed by atoms with Gasteiger partial charge in [0.25, 0.3) is 5.91 Å². The Bertz CT molecular complexity index is 1440. The number of halogens is 2. The highest BCUT2D eigenvalue weighted by molar-refractivity contribution is 14.1. The molecule has 0 aromatic heterocycles. The van der Waals surface area contributed by atoms with Gasteiger partial charge in [0.1, 0.15) is 34.6 Å². The van der Waals surface area contributed by atoms with Gasteiger partial charge in [-0.05, 0) is 63.1 Å². The maximum absolute atomic E-state index is 14.2. The number of amides is 4. The standard InChI is InChI=1S/C29H40FIN4O8S/c1-26(2,3)21(32-25(39)43-27(4,5)6)23(37)35-15-28(40,16-7-9-17(30)10-8-16)13-19(35)22(36)33-29(14-20(29)31)24(38)34-44(41,42)18-11-12-18/h7-10,18-21,40H,11-15H2,1-6H3,(H,32,39)(H,33,36)(H,34,38)/t19-,20+,21?,28-,29+/m0/s1. The van der Waals surface area contributed by atoms with Crippen molar-refractivity contribution in [1.82, 2.24) is 20.3 Å². The number of nitrogens with zero attached hydrogens (tertiary/aromatic N) is 1. The summed E-state index contributed by atoms with van der Waals surface area (Å²) in [6.45, 7) is 9.79. The number of rotatable bonds is 8. The summed E-state index contributed by atoms with van der Waals surface area (Å²) in [6.07, 6.45) is -0.0906. The van der Waals surface area contributed by atoms with Crippen molar-refractivity contribution in [2.75, 3.05) is 6.54 Å². The van der Waals surface area contributed by atoms with Gasteiger partial charge in [-0.15, -0.1) is 0 Å². The fourth-order valence-electron chi connectivity index (χ4n) is 5.19. The van der Waals surface area contributed by atoms with Crippen LogP contribution >= 0.6 is 22.6 Å². The number of hydrogen-bond donors (Lipinski definition) is 4. The summed E-state index contributed by atoms with van der Waals surface area (Å²) in [7, 11) is -3.88. The van der Waals surface area contributed by atoms with Crippen molar-refractivity contribution >= 4 is 56.4 Å². The van der Waals surface area contributed by atoms with E-state index in [9.17, 15) is 37.1 Å². The summed E-state index contributed by atoms with van der Waals surface area (Å²) in [6, 6.07) is 2.51. The Balaban J connectivity index is 1.64. The molecule has 4 amide bonds. The first-order chi connectivity index (χ1) is 20.1. The molecule has 1 unspecified atom stereocenters. The lowest BCUT2D eigenvalue weighted by Crippen LogP contribution is -2.60. The molecule has 0 radical (unpaired) electrons. The number of alkyl carbamates (subject to hydrolysis) is 1. The number of β-amino-alcohol motifs (C(OH)–C–C–N with tert-alkyl or cyclic N) is 1. The Morgan fingerprint density at radius 1 is 1.07 bits per heavy atom. The van der Waals surface area contributed by atoms with E-state index in [-0.39, 0.29) is 24.9 Å². The minimum absolute atomic E-state index is 0.166. The molecule has 2 saturated carbocycles. The molecule has 2 aliphatic carbocycles. The summed E-state index contributed by atoms with van der Waals surface area (Å²) in [4.78, 5) is 55.1. The van der Waals surface area contributed by atoms with E-state index < -0.39 is 83.1 Å². The van der Waals surface area contributed by atoms with Gasteiger partial charge in [0.05, 0.1) is 11.8 Å². The lowest BCUT2D eigenvalue weighted by molar-refractivity contribution is -0.143. The van der Waals surface area contributed by atoms with Gasteiger partial charge in [0.15, 0.2) is 0 Å². The van der Waals surface area contributed by atoms with Gasteiger partial charge in [0.2, 0.25) is 21.8 Å². The number of aliphatic hydroxyl groups is 1. The van der Waals surface area contributed by atoms with Gasteiger partial charge in [0, 0.05) is 10.3 Å². The molecule has 1 saturated heterocycles. The van der Waals surface area contributed by atoms with Crippen LogP contribution in [0.5, 0.6) is 0 Å². The molecule has 4 rings (SSSR count). The zero-order chi connectivity index (χ0) is 33.0. The van der Waals surface area contributed by atoms with Crippen molar-refractivity contribution in [2.24, 2.45) is 5.41 Å². The van der Waals surface area contributed by atoms with E-state index in [1.807, 2.05) is 22.6 Å². The highest BCUT2D eigenvalue weighted by atomic mass is 127. The van der Waals surface area contributed by atoms with Crippen LogP contribution in [0.3, 0.4) is 0 Å². The molecule has 1 aromatic carbocycles. The van der Waals surface area contributed by atoms with Crippen molar-refractivity contribution in [3.8, 4) is 0 Å². The molecule has 12 nitrogen and oxygen atoms in total. The van der Waals surface area contributed by atoms with Crippen LogP contribution in [0.1, 0.15) is 72.8 Å². The molecule has 15 heteroatoms. The number of hydrogen-bond acceptors (Lipinski definition) is 8. The summed E-state index contributed by atoms with van der Waals surface area (Å²) in [5.41, 5.74) is -4.76. The Hall–Kier alpha value is -2.53. The highest BCUT2D eigenvalue weighted by Gasteiger charge is 2.63. The number of nitrogens with one attached hydrogen (secondary N) is 3. The molecule has 44 heavy (non-hydrogen) atoms. The van der Waals surface area contributed by atoms with Crippen molar-refractivity contribution in [2.45, 2.75) is 105 Å². The number of ether oxygens (including phenoxy) is 1. The first-order valence-electron chi connectivity index (χ1n) is 14.4. The van der Waals surface area contributed by atoms with Gasteiger partial charge in [-0.1, -0.05) is 55.5 Å². The van der Waals surface area contributed by atoms with Crippen LogP contribution in [0.15, 0.2) is 24.3 Å². The average Bonchev–Trinajstić information content (AvgIpc) is 3.79. The Labute approximate surface area is 270 Å². The van der Waals surface area contributed by atoms with Gasteiger partial charge in [-0.25, -0.2) is 17.6 Å². The largest absolute Gasteiger partial charge is 0.444 e. The fourth-order valence-corrected chi connectivity index (χ4v) is 7.69. The Morgan fingerprint density at radius 2 is 1.64 bits per heavy atom. The topological polar surface area (TPSA) is 171 Å². The second-order valence-electron chi connectivity index (χ2n) is 14.0. The molecule has 5 atom stereocenters. The molecule has 1 aromatic rings. The molecule has 3 aliphatic rings. The van der Waals surface area contributed by atoms with Crippen molar-refractivity contribution in [1.29, 1.82) is 0 Å². The van der Waals surface area contributed by atoms with Gasteiger partial charge in [-0.2, -0.15) is 0 Å². The van der Waals surface area contributed by atoms with Gasteiger partial charge in [-0.3, -0.25) is 19.1 Å². The van der Waals surface area contributed by atoms with Crippen LogP contribution < -0.4 is 15.4 Å². The van der Waals surface area contributed by atoms with Gasteiger partial charge >= 0.3 is 6.09 Å². The predicted molar refractivity (Wildman–Crippen MR) is 166 cm³/mol. The van der Waals surface area contributed by atoms with E-state index >= 15 is 0 Å². The molecule has 1 heterocycles. The number of carbonyl (C=O) groups is 4. The molecule has 244 valence electrons. The zero-order valence-electron chi connectivity index (χ0n) is 25.6. The minimum Gasteiger partial charge on any atom is -0.444 e. The fraction of sp³-hybridized carbons (Fsp3) is 0.655. The van der Waals surface area contributed by atoms with E-state index in [0.29, 0.717) is 12.8 Å². The predicted octanol–water partition coefficient (Wildman–Crippen LogP) is 2.22. The lowest BCUT2D eigenvalue weighted by Gasteiger charge is -2.36. The Kier molecular flexibility index (Phi) is 9.12. The van der Waals surface area contributed by atoms with Gasteiger partial charge < -0.3 is 25.4 Å². The third-order valence-corrected chi connectivity index (χ3v) is 11.2. The second-order valence-corrected chi connectivity index (χ2v) is 17.4. The number of benzene rings is 1. The van der Waals surface area contributed by atoms with Crippen LogP contribution in [-0.2, 0) is 34.7 Å². The van der Waals surface area contributed by atoms with Crippen molar-refractivity contribution < 1.29 is 41.8 Å². The van der Waals surface area contributed by atoms with E-state index in [4.69, 9.17) is 4.74 Å². The van der Waals surface area contributed by atoms with Crippen LogP contribution in [0.25, 0.3) is 0 Å². The van der Waals surface area contributed by atoms with Crippen molar-refractivity contribution in [3.05, 3.63) is 35.6 Å². The maximum Gasteiger partial charge on any atom is 0.408 e. The second kappa shape index (κ2) is 11.7. The first-order valence-corrected chi connectivity index (χ1v) is 17.2. The third kappa shape index (κ3) is 7.46. The smallest absolute Gasteiger partial charge is 0.408 e. The molecule has 4 N–H and O–H groups in total. The van der Waals surface area contributed by atoms with Crippen LogP contribution in [0.2, 0.25) is 0 Å². The minimum atomic E-state index is -3.88. The number of alkyl halides is 1. The molecule has 3 fully saturated rings. The summed E-state index contributed by atoms with van der Waals surface area (Å²) < 4.78 is 45.7. The van der Waals surface area contributed by atoms with Crippen LogP contribution in [-0.4, -0.2) is 81.2 Å². The number of sulfonamides is 1. The zero-order valence-corrected chi connectivity index (χ0v) is 28.5. The normalized spacial score (nSPS) is 27.7. The van der Waals surface area contributed by atoms with Crippen molar-refractivity contribution in [3.63, 3.8) is 0 Å². The van der Waals surface area contributed by atoms with E-state index in [1.54, 1.807) is 41.5 Å². The Morgan fingerprint density at radius 3 is 2.11 bits per heavy atom. The lowest BCUT2D eigenvalue weighted by atomic mass is 9.85. The third-order valence-electron chi connectivity index (χ3n) is 7.91. The molecular weight excluding hydrogens is 710 g/mol. The summed E-state index contributed by atoms with van der Waals surface area (Å²) in [5, 5.41) is 16.4.